The maximum Gasteiger partial charge on any atom is 0.337 e. The van der Waals surface area contributed by atoms with Gasteiger partial charge in [0.05, 0.1) is 29.7 Å². The van der Waals surface area contributed by atoms with E-state index in [0.29, 0.717) is 16.7 Å². The van der Waals surface area contributed by atoms with E-state index >= 15 is 0 Å². The molecule has 39 heavy (non-hydrogen) atoms. The van der Waals surface area contributed by atoms with Crippen molar-refractivity contribution in [2.75, 3.05) is 12.0 Å². The Labute approximate surface area is 229 Å². The topological polar surface area (TPSA) is 101 Å². The first-order valence-corrected chi connectivity index (χ1v) is 14.0. The van der Waals surface area contributed by atoms with Crippen LogP contribution >= 0.6 is 0 Å². The van der Waals surface area contributed by atoms with Crippen LogP contribution in [0.4, 0.5) is 5.69 Å². The molecule has 0 saturated carbocycles. The summed E-state index contributed by atoms with van der Waals surface area (Å²) in [6, 6.07) is 14.9. The Kier molecular flexibility index (Phi) is 7.77. The first-order chi connectivity index (χ1) is 18.4. The summed E-state index contributed by atoms with van der Waals surface area (Å²) in [5, 5.41) is 0. The van der Waals surface area contributed by atoms with Gasteiger partial charge in [-0.15, -0.1) is 0 Å². The molecule has 1 saturated heterocycles. The third-order valence-electron chi connectivity index (χ3n) is 7.47. The number of amides is 2. The van der Waals surface area contributed by atoms with Gasteiger partial charge in [0.25, 0.3) is 5.91 Å². The fraction of sp³-hybridized carbons (Fsp3) is 0.300. The third-order valence-corrected chi connectivity index (χ3v) is 9.73. The molecule has 2 unspecified atom stereocenters. The van der Waals surface area contributed by atoms with E-state index in [-0.39, 0.29) is 22.6 Å². The van der Waals surface area contributed by atoms with Gasteiger partial charge in [-0.1, -0.05) is 36.4 Å². The maximum absolute atomic E-state index is 14.5. The molecule has 1 aliphatic rings. The van der Waals surface area contributed by atoms with Crippen molar-refractivity contribution in [1.29, 1.82) is 0 Å². The molecule has 4 rings (SSSR count). The van der Waals surface area contributed by atoms with Gasteiger partial charge in [0.1, 0.15) is 6.04 Å². The highest BCUT2D eigenvalue weighted by Crippen LogP contribution is 2.38. The van der Waals surface area contributed by atoms with Crippen molar-refractivity contribution in [2.24, 2.45) is 0 Å². The second kappa shape index (κ2) is 10.7. The van der Waals surface area contributed by atoms with Crippen LogP contribution in [0.3, 0.4) is 0 Å². The molecule has 204 valence electrons. The molecule has 9 heteroatoms. The maximum atomic E-state index is 14.5. The van der Waals surface area contributed by atoms with Gasteiger partial charge in [-0.25, -0.2) is 18.1 Å². The summed E-state index contributed by atoms with van der Waals surface area (Å²) in [7, 11) is -2.99. The Bertz CT molecular complexity index is 1520. The molecule has 2 amide bonds. The van der Waals surface area contributed by atoms with Gasteiger partial charge in [-0.05, 0) is 86.7 Å². The van der Waals surface area contributed by atoms with Crippen molar-refractivity contribution in [3.8, 4) is 0 Å². The Morgan fingerprint density at radius 3 is 2.05 bits per heavy atom. The fourth-order valence-electron chi connectivity index (χ4n) is 5.15. The highest BCUT2D eigenvalue weighted by atomic mass is 32.2. The predicted octanol–water partition coefficient (Wildman–Crippen LogP) is 4.79. The van der Waals surface area contributed by atoms with Gasteiger partial charge < -0.3 is 4.74 Å². The van der Waals surface area contributed by atoms with E-state index in [1.807, 2.05) is 26.0 Å². The molecule has 1 aliphatic heterocycles. The lowest BCUT2D eigenvalue weighted by Crippen LogP contribution is -2.47. The van der Waals surface area contributed by atoms with Gasteiger partial charge >= 0.3 is 5.97 Å². The van der Waals surface area contributed by atoms with Crippen LogP contribution in [0.2, 0.25) is 0 Å². The number of aryl methyl sites for hydroxylation is 2. The van der Waals surface area contributed by atoms with Crippen LogP contribution in [-0.2, 0) is 24.3 Å². The van der Waals surface area contributed by atoms with E-state index < -0.39 is 39.9 Å². The lowest BCUT2D eigenvalue weighted by atomic mass is 10.0. The quantitative estimate of drug-likeness (QED) is 0.311. The average Bonchev–Trinajstić information content (AvgIpc) is 3.20. The van der Waals surface area contributed by atoms with E-state index in [2.05, 4.69) is 0 Å². The van der Waals surface area contributed by atoms with Gasteiger partial charge in [0.15, 0.2) is 0 Å². The summed E-state index contributed by atoms with van der Waals surface area (Å²) in [6.07, 6.45) is -0.309. The molecule has 0 aromatic heterocycles. The summed E-state index contributed by atoms with van der Waals surface area (Å²) >= 11 is 0. The predicted molar refractivity (Wildman–Crippen MR) is 148 cm³/mol. The molecule has 3 aromatic carbocycles. The van der Waals surface area contributed by atoms with Crippen LogP contribution < -0.4 is 4.90 Å². The average molecular weight is 549 g/mol. The van der Waals surface area contributed by atoms with Crippen molar-refractivity contribution in [2.45, 2.75) is 58.0 Å². The van der Waals surface area contributed by atoms with Crippen LogP contribution in [0.1, 0.15) is 57.6 Å². The number of carbonyl (C=O) groups is 3. The Morgan fingerprint density at radius 1 is 0.949 bits per heavy atom. The SMILES string of the molecule is COC(=O)c1ccc(N2C(=O)CC(N(C(C)c3ccccc3)S(=O)(=O)c3c(C)c(C)cc(C)c3C)C2=O)cc1. The van der Waals surface area contributed by atoms with Crippen molar-refractivity contribution in [3.05, 3.63) is 94.0 Å². The Morgan fingerprint density at radius 2 is 1.51 bits per heavy atom. The molecule has 1 fully saturated rings. The second-order valence-corrected chi connectivity index (χ2v) is 11.6. The fourth-order valence-corrected chi connectivity index (χ4v) is 7.49. The number of carbonyl (C=O) groups excluding carboxylic acids is 3. The first-order valence-electron chi connectivity index (χ1n) is 12.6. The number of methoxy groups -OCH3 is 1. The van der Waals surface area contributed by atoms with E-state index in [1.54, 1.807) is 45.0 Å². The standard InChI is InChI=1S/C30H32N2O6S/c1-18-16-19(2)21(4)28(20(18)3)39(36,37)32(22(5)23-10-8-7-9-11-23)26-17-27(33)31(29(26)34)25-14-12-24(13-15-25)30(35)38-6/h7-16,22,26H,17H2,1-6H3. The molecule has 0 spiro atoms. The minimum Gasteiger partial charge on any atom is -0.465 e. The van der Waals surface area contributed by atoms with E-state index in [9.17, 15) is 22.8 Å². The molecule has 0 bridgehead atoms. The van der Waals surface area contributed by atoms with Gasteiger partial charge in [-0.2, -0.15) is 4.31 Å². The number of hydrogen-bond donors (Lipinski definition) is 0. The molecule has 8 nitrogen and oxygen atoms in total. The van der Waals surface area contributed by atoms with Gasteiger partial charge in [0, 0.05) is 6.04 Å². The minimum atomic E-state index is -4.25. The number of hydrogen-bond acceptors (Lipinski definition) is 6. The van der Waals surface area contributed by atoms with Crippen LogP contribution in [0.25, 0.3) is 0 Å². The zero-order valence-electron chi connectivity index (χ0n) is 22.9. The minimum absolute atomic E-state index is 0.156. The monoisotopic (exact) mass is 548 g/mol. The number of sulfonamides is 1. The van der Waals surface area contributed by atoms with Crippen LogP contribution in [-0.4, -0.2) is 43.7 Å². The molecular formula is C30H32N2O6S. The number of imide groups is 1. The molecule has 2 atom stereocenters. The molecule has 0 aliphatic carbocycles. The normalized spacial score (nSPS) is 16.6. The Hall–Kier alpha value is -3.82. The molecular weight excluding hydrogens is 516 g/mol. The zero-order valence-corrected chi connectivity index (χ0v) is 23.7. The zero-order chi connectivity index (χ0) is 28.6. The van der Waals surface area contributed by atoms with Crippen molar-refractivity contribution in [1.82, 2.24) is 4.31 Å². The summed E-state index contributed by atoms with van der Waals surface area (Å²) in [4.78, 5) is 40.1. The number of nitrogens with zero attached hydrogens (tertiary/aromatic N) is 2. The first kappa shape index (κ1) is 28.2. The van der Waals surface area contributed by atoms with Crippen LogP contribution in [0.15, 0.2) is 65.6 Å². The number of anilines is 1. The lowest BCUT2D eigenvalue weighted by molar-refractivity contribution is -0.122. The summed E-state index contributed by atoms with van der Waals surface area (Å²) in [5.41, 5.74) is 4.08. The van der Waals surface area contributed by atoms with Crippen LogP contribution in [0, 0.1) is 27.7 Å². The van der Waals surface area contributed by atoms with E-state index in [4.69, 9.17) is 4.74 Å². The number of ether oxygens (including phenoxy) is 1. The molecule has 0 N–H and O–H groups in total. The summed E-state index contributed by atoms with van der Waals surface area (Å²) in [5.74, 6) is -1.71. The smallest absolute Gasteiger partial charge is 0.337 e. The van der Waals surface area contributed by atoms with E-state index in [0.717, 1.165) is 16.0 Å². The molecule has 0 radical (unpaired) electrons. The van der Waals surface area contributed by atoms with E-state index in [1.165, 1.54) is 35.7 Å². The molecule has 3 aromatic rings. The largest absolute Gasteiger partial charge is 0.465 e. The number of benzene rings is 3. The van der Waals surface area contributed by atoms with Crippen molar-refractivity contribution >= 4 is 33.5 Å². The van der Waals surface area contributed by atoms with Gasteiger partial charge in [-0.3, -0.25) is 9.59 Å². The van der Waals surface area contributed by atoms with Crippen LogP contribution in [0.5, 0.6) is 0 Å². The Balaban J connectivity index is 1.84. The molecule has 1 heterocycles. The number of esters is 1. The summed E-state index contributed by atoms with van der Waals surface area (Å²) < 4.78 is 35.0. The second-order valence-electron chi connectivity index (χ2n) is 9.84. The highest BCUT2D eigenvalue weighted by molar-refractivity contribution is 7.89. The lowest BCUT2D eigenvalue weighted by Gasteiger charge is -2.34. The van der Waals surface area contributed by atoms with Crippen molar-refractivity contribution in [3.63, 3.8) is 0 Å². The third kappa shape index (κ3) is 4.99. The summed E-state index contributed by atoms with van der Waals surface area (Å²) in [6.45, 7) is 8.96. The number of rotatable bonds is 7. The van der Waals surface area contributed by atoms with Crippen molar-refractivity contribution < 1.29 is 27.5 Å². The van der Waals surface area contributed by atoms with Gasteiger partial charge in [0.2, 0.25) is 15.9 Å². The highest BCUT2D eigenvalue weighted by Gasteiger charge is 2.49.